The maximum absolute atomic E-state index is 12.9. The second-order valence-corrected chi connectivity index (χ2v) is 5.48. The molecule has 0 N–H and O–H groups in total. The molecular formula is C18H14N2O2. The maximum Gasteiger partial charge on any atom is 0.275 e. The molecule has 2 heterocycles. The van der Waals surface area contributed by atoms with Crippen molar-refractivity contribution in [2.24, 2.45) is 0 Å². The molecule has 4 nitrogen and oxygen atoms in total. The van der Waals surface area contributed by atoms with Gasteiger partial charge in [-0.25, -0.2) is 0 Å². The number of amides is 2. The van der Waals surface area contributed by atoms with Crippen LogP contribution >= 0.6 is 0 Å². The Morgan fingerprint density at radius 3 is 2.41 bits per heavy atom. The van der Waals surface area contributed by atoms with Crippen LogP contribution in [-0.4, -0.2) is 17.9 Å². The number of nitrogens with zero attached hydrogens (tertiary/aromatic N) is 2. The molecule has 0 spiro atoms. The van der Waals surface area contributed by atoms with E-state index in [9.17, 15) is 9.59 Å². The first kappa shape index (κ1) is 12.8. The van der Waals surface area contributed by atoms with Gasteiger partial charge < -0.3 is 0 Å². The smallest absolute Gasteiger partial charge is 0.275 e. The minimum Gasteiger partial charge on any atom is -0.294 e. The molecule has 2 aromatic carbocycles. The average molecular weight is 290 g/mol. The van der Waals surface area contributed by atoms with Gasteiger partial charge in [-0.15, -0.1) is 0 Å². The van der Waals surface area contributed by atoms with Crippen molar-refractivity contribution < 1.29 is 9.59 Å². The number of carbonyl (C=O) groups excluding carboxylic acids is 2. The largest absolute Gasteiger partial charge is 0.294 e. The van der Waals surface area contributed by atoms with Crippen LogP contribution in [0.3, 0.4) is 0 Å². The number of carbonyl (C=O) groups is 2. The highest BCUT2D eigenvalue weighted by Crippen LogP contribution is 2.38. The van der Waals surface area contributed by atoms with Gasteiger partial charge in [-0.1, -0.05) is 43.0 Å². The van der Waals surface area contributed by atoms with Gasteiger partial charge in [0.1, 0.15) is 11.7 Å². The van der Waals surface area contributed by atoms with Crippen LogP contribution in [0.15, 0.2) is 66.9 Å². The van der Waals surface area contributed by atoms with Crippen molar-refractivity contribution in [3.63, 3.8) is 0 Å². The Bertz CT molecular complexity index is 798. The van der Waals surface area contributed by atoms with Gasteiger partial charge in [0.05, 0.1) is 0 Å². The van der Waals surface area contributed by atoms with Crippen LogP contribution in [0.2, 0.25) is 0 Å². The fraction of sp³-hybridized carbons (Fsp3) is 0.111. The summed E-state index contributed by atoms with van der Waals surface area (Å²) in [7, 11) is 0. The number of hydrogen-bond donors (Lipinski definition) is 0. The fourth-order valence-corrected chi connectivity index (χ4v) is 3.21. The van der Waals surface area contributed by atoms with Crippen molar-refractivity contribution in [2.45, 2.75) is 12.5 Å². The lowest BCUT2D eigenvalue weighted by atomic mass is 10.1. The number of hydrogen-bond acceptors (Lipinski definition) is 2. The van der Waals surface area contributed by atoms with Crippen molar-refractivity contribution in [1.82, 2.24) is 0 Å². The van der Waals surface area contributed by atoms with Crippen LogP contribution in [-0.2, 0) is 16.0 Å². The number of fused-ring (bicyclic) bond motifs is 3. The van der Waals surface area contributed by atoms with Crippen LogP contribution in [0.4, 0.5) is 11.4 Å². The zero-order valence-electron chi connectivity index (χ0n) is 11.9. The Morgan fingerprint density at radius 2 is 1.64 bits per heavy atom. The van der Waals surface area contributed by atoms with E-state index >= 15 is 0 Å². The highest BCUT2D eigenvalue weighted by molar-refractivity contribution is 6.23. The Morgan fingerprint density at radius 1 is 0.955 bits per heavy atom. The number of benzene rings is 2. The van der Waals surface area contributed by atoms with E-state index in [1.165, 1.54) is 4.90 Å². The first-order chi connectivity index (χ1) is 10.7. The molecule has 0 bridgehead atoms. The highest BCUT2D eigenvalue weighted by atomic mass is 16.2. The molecule has 2 aliphatic rings. The van der Waals surface area contributed by atoms with Crippen molar-refractivity contribution >= 4 is 23.2 Å². The molecule has 1 atom stereocenters. The van der Waals surface area contributed by atoms with Crippen LogP contribution < -0.4 is 9.80 Å². The highest BCUT2D eigenvalue weighted by Gasteiger charge is 2.47. The van der Waals surface area contributed by atoms with Crippen LogP contribution in [0.25, 0.3) is 0 Å². The molecule has 0 radical (unpaired) electrons. The molecule has 4 heteroatoms. The number of anilines is 2. The second-order valence-electron chi connectivity index (χ2n) is 5.48. The summed E-state index contributed by atoms with van der Waals surface area (Å²) in [5.41, 5.74) is 2.72. The predicted octanol–water partition coefficient (Wildman–Crippen LogP) is 2.50. The summed E-state index contributed by atoms with van der Waals surface area (Å²) in [5.74, 6) is -0.314. The molecule has 22 heavy (non-hydrogen) atoms. The molecule has 2 aromatic rings. The lowest BCUT2D eigenvalue weighted by Gasteiger charge is -2.37. The molecule has 108 valence electrons. The van der Waals surface area contributed by atoms with E-state index in [0.29, 0.717) is 12.1 Å². The third kappa shape index (κ3) is 1.64. The lowest BCUT2D eigenvalue weighted by Crippen LogP contribution is -2.57. The van der Waals surface area contributed by atoms with E-state index < -0.39 is 6.04 Å². The van der Waals surface area contributed by atoms with Crippen molar-refractivity contribution in [1.29, 1.82) is 0 Å². The van der Waals surface area contributed by atoms with Gasteiger partial charge >= 0.3 is 0 Å². The monoisotopic (exact) mass is 290 g/mol. The normalized spacial score (nSPS) is 20.2. The van der Waals surface area contributed by atoms with E-state index in [4.69, 9.17) is 0 Å². The van der Waals surface area contributed by atoms with E-state index in [1.807, 2.05) is 54.6 Å². The predicted molar refractivity (Wildman–Crippen MR) is 84.5 cm³/mol. The molecule has 2 aliphatic heterocycles. The quantitative estimate of drug-likeness (QED) is 0.757. The molecule has 2 amide bonds. The standard InChI is InChI=1S/C18H14N2O2/c1-12-17(21)20-15-10-6-5-7-13(15)11-16(20)18(22)19(12)14-8-3-2-4-9-14/h2-10,16H,1,11H2. The summed E-state index contributed by atoms with van der Waals surface area (Å²) in [6, 6.07) is 16.4. The summed E-state index contributed by atoms with van der Waals surface area (Å²) in [6.45, 7) is 3.85. The molecule has 0 saturated carbocycles. The summed E-state index contributed by atoms with van der Waals surface area (Å²) in [6.07, 6.45) is 0.553. The van der Waals surface area contributed by atoms with Gasteiger partial charge in [-0.3, -0.25) is 19.4 Å². The van der Waals surface area contributed by atoms with E-state index in [-0.39, 0.29) is 17.5 Å². The van der Waals surface area contributed by atoms with Crippen LogP contribution in [0, 0.1) is 0 Å². The third-order valence-corrected chi connectivity index (χ3v) is 4.23. The molecule has 1 saturated heterocycles. The minimum absolute atomic E-state index is 0.105. The van der Waals surface area contributed by atoms with Gasteiger partial charge in [0.2, 0.25) is 0 Å². The topological polar surface area (TPSA) is 40.6 Å². The number of rotatable bonds is 1. The summed E-state index contributed by atoms with van der Waals surface area (Å²) >= 11 is 0. The minimum atomic E-state index is -0.476. The third-order valence-electron chi connectivity index (χ3n) is 4.23. The molecule has 4 rings (SSSR count). The van der Waals surface area contributed by atoms with Gasteiger partial charge in [-0.05, 0) is 23.8 Å². The van der Waals surface area contributed by atoms with Crippen molar-refractivity contribution in [2.75, 3.05) is 9.80 Å². The molecular weight excluding hydrogens is 276 g/mol. The fourth-order valence-electron chi connectivity index (χ4n) is 3.21. The van der Waals surface area contributed by atoms with E-state index in [2.05, 4.69) is 6.58 Å². The molecule has 1 fully saturated rings. The molecule has 1 unspecified atom stereocenters. The van der Waals surface area contributed by atoms with E-state index in [1.54, 1.807) is 4.90 Å². The van der Waals surface area contributed by atoms with Crippen molar-refractivity contribution in [3.05, 3.63) is 72.4 Å². The van der Waals surface area contributed by atoms with Gasteiger partial charge in [0.25, 0.3) is 11.8 Å². The Labute approximate surface area is 128 Å². The Hall–Kier alpha value is -2.88. The van der Waals surface area contributed by atoms with Crippen LogP contribution in [0.5, 0.6) is 0 Å². The summed E-state index contributed by atoms with van der Waals surface area (Å²) in [4.78, 5) is 28.7. The van der Waals surface area contributed by atoms with E-state index in [0.717, 1.165) is 11.3 Å². The summed E-state index contributed by atoms with van der Waals surface area (Å²) < 4.78 is 0. The maximum atomic E-state index is 12.9. The lowest BCUT2D eigenvalue weighted by molar-refractivity contribution is -0.126. The molecule has 0 aromatic heterocycles. The Balaban J connectivity index is 1.80. The number of para-hydroxylation sites is 2. The van der Waals surface area contributed by atoms with Crippen molar-refractivity contribution in [3.8, 4) is 0 Å². The van der Waals surface area contributed by atoms with Gasteiger partial charge in [0.15, 0.2) is 0 Å². The van der Waals surface area contributed by atoms with Gasteiger partial charge in [-0.2, -0.15) is 0 Å². The SMILES string of the molecule is C=C1C(=O)N2c3ccccc3CC2C(=O)N1c1ccccc1. The first-order valence-corrected chi connectivity index (χ1v) is 7.18. The zero-order chi connectivity index (χ0) is 15.3. The molecule has 0 aliphatic carbocycles. The average Bonchev–Trinajstić information content (AvgIpc) is 2.94. The Kier molecular flexibility index (Phi) is 2.66. The first-order valence-electron chi connectivity index (χ1n) is 7.18. The second kappa shape index (κ2) is 4.56. The number of piperazine rings is 1. The zero-order valence-corrected chi connectivity index (χ0v) is 11.9. The summed E-state index contributed by atoms with van der Waals surface area (Å²) in [5, 5.41) is 0. The van der Waals surface area contributed by atoms with Gasteiger partial charge in [0, 0.05) is 17.8 Å². The van der Waals surface area contributed by atoms with Crippen LogP contribution in [0.1, 0.15) is 5.56 Å².